The molecule has 3 N–H and O–H groups in total. The summed E-state index contributed by atoms with van der Waals surface area (Å²) in [5.74, 6) is -1.04. The molecular weight excluding hydrogens is 280 g/mol. The quantitative estimate of drug-likeness (QED) is 0.777. The zero-order valence-electron chi connectivity index (χ0n) is 11.0. The number of hydrogen-bond donors (Lipinski definition) is 3. The number of likely N-dealkylation sites (tertiary alicyclic amines) is 1. The van der Waals surface area contributed by atoms with E-state index in [1.165, 1.54) is 17.4 Å². The van der Waals surface area contributed by atoms with Gasteiger partial charge in [0, 0.05) is 19.2 Å². The molecule has 0 aliphatic carbocycles. The standard InChI is InChI=1S/C13H18N2O4S/c16-7-2-4-9-3-1-6-15(9)13(19)14-11-10(12(17)18)5-8-20-11/h5,8-9,16H,1-4,6-7H2,(H,14,19)(H,17,18). The molecule has 0 spiro atoms. The molecule has 1 aliphatic rings. The number of carbonyl (C=O) groups is 2. The number of nitrogens with one attached hydrogen (secondary N) is 1. The lowest BCUT2D eigenvalue weighted by Crippen LogP contribution is -2.38. The van der Waals surface area contributed by atoms with Crippen LogP contribution in [0.1, 0.15) is 36.0 Å². The lowest BCUT2D eigenvalue weighted by molar-refractivity contribution is 0.0698. The van der Waals surface area contributed by atoms with Gasteiger partial charge in [0.2, 0.25) is 0 Å². The van der Waals surface area contributed by atoms with Crippen LogP contribution in [-0.4, -0.2) is 46.3 Å². The first kappa shape index (κ1) is 14.8. The first-order valence-corrected chi connectivity index (χ1v) is 7.50. The largest absolute Gasteiger partial charge is 0.478 e. The monoisotopic (exact) mass is 298 g/mol. The van der Waals surface area contributed by atoms with E-state index in [1.807, 2.05) is 0 Å². The Balaban J connectivity index is 2.00. The summed E-state index contributed by atoms with van der Waals surface area (Å²) in [7, 11) is 0. The van der Waals surface area contributed by atoms with Gasteiger partial charge in [-0.1, -0.05) is 0 Å². The topological polar surface area (TPSA) is 89.9 Å². The molecule has 6 nitrogen and oxygen atoms in total. The minimum atomic E-state index is -1.04. The Morgan fingerprint density at radius 3 is 3.00 bits per heavy atom. The van der Waals surface area contributed by atoms with Crippen LogP contribution in [0.3, 0.4) is 0 Å². The number of thiophene rings is 1. The van der Waals surface area contributed by atoms with Gasteiger partial charge in [-0.3, -0.25) is 5.32 Å². The van der Waals surface area contributed by atoms with Crippen LogP contribution < -0.4 is 5.32 Å². The molecule has 2 rings (SSSR count). The molecule has 2 amide bonds. The normalized spacial score (nSPS) is 18.2. The fraction of sp³-hybridized carbons (Fsp3) is 0.538. The summed E-state index contributed by atoms with van der Waals surface area (Å²) in [6, 6.07) is 1.36. The fourth-order valence-electron chi connectivity index (χ4n) is 2.47. The van der Waals surface area contributed by atoms with Crippen molar-refractivity contribution in [3.05, 3.63) is 17.0 Å². The first-order chi connectivity index (χ1) is 9.63. The lowest BCUT2D eigenvalue weighted by atomic mass is 10.1. The predicted molar refractivity (Wildman–Crippen MR) is 76.3 cm³/mol. The lowest BCUT2D eigenvalue weighted by Gasteiger charge is -2.24. The number of aliphatic hydroxyl groups is 1. The Morgan fingerprint density at radius 1 is 1.50 bits per heavy atom. The molecule has 0 saturated carbocycles. The molecule has 1 fully saturated rings. The van der Waals surface area contributed by atoms with Gasteiger partial charge >= 0.3 is 12.0 Å². The van der Waals surface area contributed by atoms with Crippen LogP contribution in [0.4, 0.5) is 9.80 Å². The summed E-state index contributed by atoms with van der Waals surface area (Å²) in [4.78, 5) is 25.0. The third kappa shape index (κ3) is 3.29. The Labute approximate surface area is 121 Å². The van der Waals surface area contributed by atoms with Gasteiger partial charge in [-0.05, 0) is 37.1 Å². The number of carboxylic acid groups (broad SMARTS) is 1. The van der Waals surface area contributed by atoms with E-state index in [4.69, 9.17) is 10.2 Å². The zero-order valence-corrected chi connectivity index (χ0v) is 11.9. The van der Waals surface area contributed by atoms with Crippen molar-refractivity contribution in [1.29, 1.82) is 0 Å². The number of carboxylic acids is 1. The Kier molecular flexibility index (Phi) is 4.97. The number of aromatic carboxylic acids is 1. The highest BCUT2D eigenvalue weighted by atomic mass is 32.1. The van der Waals surface area contributed by atoms with Gasteiger partial charge in [-0.15, -0.1) is 11.3 Å². The maximum Gasteiger partial charge on any atom is 0.338 e. The molecule has 110 valence electrons. The van der Waals surface area contributed by atoms with Crippen molar-refractivity contribution in [2.45, 2.75) is 31.7 Å². The smallest absolute Gasteiger partial charge is 0.338 e. The predicted octanol–water partition coefficient (Wildman–Crippen LogP) is 2.22. The molecule has 1 aromatic rings. The highest BCUT2D eigenvalue weighted by Gasteiger charge is 2.29. The van der Waals surface area contributed by atoms with Gasteiger partial charge in [-0.25, -0.2) is 9.59 Å². The molecule has 7 heteroatoms. The van der Waals surface area contributed by atoms with Crippen LogP contribution >= 0.6 is 11.3 Å². The number of rotatable bonds is 5. The van der Waals surface area contributed by atoms with Crippen molar-refractivity contribution in [2.75, 3.05) is 18.5 Å². The van der Waals surface area contributed by atoms with Crippen LogP contribution in [-0.2, 0) is 0 Å². The molecule has 0 aromatic carbocycles. The molecule has 1 aromatic heterocycles. The van der Waals surface area contributed by atoms with Gasteiger partial charge in [0.05, 0.1) is 5.56 Å². The molecule has 1 atom stereocenters. The minimum absolute atomic E-state index is 0.120. The number of amides is 2. The van der Waals surface area contributed by atoms with Crippen molar-refractivity contribution >= 4 is 28.3 Å². The molecule has 20 heavy (non-hydrogen) atoms. The van der Waals surface area contributed by atoms with Gasteiger partial charge in [-0.2, -0.15) is 0 Å². The second-order valence-electron chi connectivity index (χ2n) is 4.75. The summed E-state index contributed by atoms with van der Waals surface area (Å²) < 4.78 is 0. The van der Waals surface area contributed by atoms with E-state index in [0.717, 1.165) is 19.3 Å². The average Bonchev–Trinajstić information content (AvgIpc) is 3.04. The van der Waals surface area contributed by atoms with E-state index in [1.54, 1.807) is 10.3 Å². The van der Waals surface area contributed by atoms with E-state index in [2.05, 4.69) is 5.32 Å². The van der Waals surface area contributed by atoms with E-state index in [0.29, 0.717) is 18.0 Å². The van der Waals surface area contributed by atoms with E-state index < -0.39 is 5.97 Å². The van der Waals surface area contributed by atoms with Crippen LogP contribution in [0.2, 0.25) is 0 Å². The van der Waals surface area contributed by atoms with Crippen LogP contribution in [0, 0.1) is 0 Å². The highest BCUT2D eigenvalue weighted by Crippen LogP contribution is 2.26. The van der Waals surface area contributed by atoms with E-state index in [-0.39, 0.29) is 24.2 Å². The van der Waals surface area contributed by atoms with Gasteiger partial charge in [0.1, 0.15) is 5.00 Å². The van der Waals surface area contributed by atoms with Crippen molar-refractivity contribution in [2.24, 2.45) is 0 Å². The SMILES string of the molecule is O=C(O)c1ccsc1NC(=O)N1CCCC1CCCO. The second-order valence-corrected chi connectivity index (χ2v) is 5.67. The Bertz CT molecular complexity index is 488. The van der Waals surface area contributed by atoms with E-state index in [9.17, 15) is 9.59 Å². The highest BCUT2D eigenvalue weighted by molar-refractivity contribution is 7.14. The number of aliphatic hydroxyl groups excluding tert-OH is 1. The number of anilines is 1. The fourth-order valence-corrected chi connectivity index (χ4v) is 3.24. The number of hydrogen-bond acceptors (Lipinski definition) is 4. The molecule has 0 bridgehead atoms. The summed E-state index contributed by atoms with van der Waals surface area (Å²) in [6.45, 7) is 0.801. The number of urea groups is 1. The van der Waals surface area contributed by atoms with Crippen LogP contribution in [0.15, 0.2) is 11.4 Å². The Hall–Kier alpha value is -1.60. The summed E-state index contributed by atoms with van der Waals surface area (Å²) in [6.07, 6.45) is 3.33. The molecular formula is C13H18N2O4S. The van der Waals surface area contributed by atoms with Gasteiger partial charge in [0.15, 0.2) is 0 Å². The van der Waals surface area contributed by atoms with Crippen LogP contribution in [0.25, 0.3) is 0 Å². The second kappa shape index (κ2) is 6.71. The third-order valence-electron chi connectivity index (χ3n) is 3.45. The van der Waals surface area contributed by atoms with Crippen molar-refractivity contribution < 1.29 is 19.8 Å². The first-order valence-electron chi connectivity index (χ1n) is 6.62. The average molecular weight is 298 g/mol. The summed E-state index contributed by atoms with van der Waals surface area (Å²) in [5.41, 5.74) is 0.120. The van der Waals surface area contributed by atoms with E-state index >= 15 is 0 Å². The molecule has 1 saturated heterocycles. The van der Waals surface area contributed by atoms with Crippen LogP contribution in [0.5, 0.6) is 0 Å². The zero-order chi connectivity index (χ0) is 14.5. The summed E-state index contributed by atoms with van der Waals surface area (Å²) in [5, 5.41) is 22.6. The molecule has 1 aliphatic heterocycles. The molecule has 2 heterocycles. The number of carbonyl (C=O) groups excluding carboxylic acids is 1. The van der Waals surface area contributed by atoms with Crippen molar-refractivity contribution in [3.63, 3.8) is 0 Å². The van der Waals surface area contributed by atoms with Gasteiger partial charge in [0.25, 0.3) is 0 Å². The maximum atomic E-state index is 12.2. The van der Waals surface area contributed by atoms with Crippen molar-refractivity contribution in [3.8, 4) is 0 Å². The summed E-state index contributed by atoms with van der Waals surface area (Å²) >= 11 is 1.20. The molecule has 0 radical (unpaired) electrons. The molecule has 1 unspecified atom stereocenters. The maximum absolute atomic E-state index is 12.2. The van der Waals surface area contributed by atoms with Gasteiger partial charge < -0.3 is 15.1 Å². The third-order valence-corrected chi connectivity index (χ3v) is 4.28. The van der Waals surface area contributed by atoms with Crippen molar-refractivity contribution in [1.82, 2.24) is 4.90 Å². The Morgan fingerprint density at radius 2 is 2.30 bits per heavy atom. The minimum Gasteiger partial charge on any atom is -0.478 e. The number of nitrogens with zero attached hydrogens (tertiary/aromatic N) is 1.